The summed E-state index contributed by atoms with van der Waals surface area (Å²) in [5, 5.41) is 3.74. The fraction of sp³-hybridized carbons (Fsp3) is 0.222. The highest BCUT2D eigenvalue weighted by Crippen LogP contribution is 2.13. The molecule has 2 N–H and O–H groups in total. The predicted molar refractivity (Wildman–Crippen MR) is 49.3 cm³/mol. The summed E-state index contributed by atoms with van der Waals surface area (Å²) in [5.41, 5.74) is 6.61. The SMILES string of the molecule is Cc1nc([C@H](N)c2ccccn2)no1. The van der Waals surface area contributed by atoms with Crippen LogP contribution in [0.25, 0.3) is 0 Å². The van der Waals surface area contributed by atoms with Gasteiger partial charge in [-0.3, -0.25) is 4.98 Å². The van der Waals surface area contributed by atoms with Crippen molar-refractivity contribution in [3.8, 4) is 0 Å². The van der Waals surface area contributed by atoms with Crippen LogP contribution in [-0.2, 0) is 0 Å². The zero-order valence-electron chi connectivity index (χ0n) is 7.71. The van der Waals surface area contributed by atoms with Gasteiger partial charge >= 0.3 is 0 Å². The van der Waals surface area contributed by atoms with E-state index in [9.17, 15) is 0 Å². The molecule has 0 unspecified atom stereocenters. The third-order valence-electron chi connectivity index (χ3n) is 1.83. The monoisotopic (exact) mass is 190 g/mol. The molecule has 0 spiro atoms. The minimum absolute atomic E-state index is 0.423. The average Bonchev–Trinajstić information content (AvgIpc) is 2.65. The Labute approximate surface area is 81.0 Å². The third kappa shape index (κ3) is 1.62. The molecule has 0 saturated heterocycles. The first kappa shape index (κ1) is 8.83. The van der Waals surface area contributed by atoms with E-state index in [1.165, 1.54) is 0 Å². The molecular weight excluding hydrogens is 180 g/mol. The Hall–Kier alpha value is -1.75. The topological polar surface area (TPSA) is 77.8 Å². The highest BCUT2D eigenvalue weighted by Gasteiger charge is 2.15. The minimum atomic E-state index is -0.423. The van der Waals surface area contributed by atoms with Crippen LogP contribution in [-0.4, -0.2) is 15.1 Å². The summed E-state index contributed by atoms with van der Waals surface area (Å²) in [6.45, 7) is 1.72. The van der Waals surface area contributed by atoms with E-state index in [1.54, 1.807) is 13.1 Å². The fourth-order valence-electron chi connectivity index (χ4n) is 1.13. The number of hydrogen-bond acceptors (Lipinski definition) is 5. The highest BCUT2D eigenvalue weighted by atomic mass is 16.5. The predicted octanol–water partition coefficient (Wildman–Crippen LogP) is 0.821. The van der Waals surface area contributed by atoms with Crippen LogP contribution in [0.5, 0.6) is 0 Å². The molecule has 14 heavy (non-hydrogen) atoms. The van der Waals surface area contributed by atoms with E-state index in [-0.39, 0.29) is 0 Å². The molecule has 0 aliphatic rings. The molecule has 2 rings (SSSR count). The molecule has 2 aromatic heterocycles. The maximum absolute atomic E-state index is 5.88. The summed E-state index contributed by atoms with van der Waals surface area (Å²) in [6, 6.07) is 5.11. The molecule has 5 nitrogen and oxygen atoms in total. The van der Waals surface area contributed by atoms with Crippen LogP contribution in [0, 0.1) is 6.92 Å². The van der Waals surface area contributed by atoms with E-state index in [2.05, 4.69) is 15.1 Å². The van der Waals surface area contributed by atoms with Gasteiger partial charge in [0.2, 0.25) is 5.89 Å². The van der Waals surface area contributed by atoms with E-state index in [4.69, 9.17) is 10.3 Å². The van der Waals surface area contributed by atoms with E-state index in [0.29, 0.717) is 11.7 Å². The van der Waals surface area contributed by atoms with E-state index >= 15 is 0 Å². The molecule has 5 heteroatoms. The maximum atomic E-state index is 5.88. The minimum Gasteiger partial charge on any atom is -0.340 e. The fourth-order valence-corrected chi connectivity index (χ4v) is 1.13. The summed E-state index contributed by atoms with van der Waals surface area (Å²) in [5.74, 6) is 0.965. The second-order valence-electron chi connectivity index (χ2n) is 2.90. The van der Waals surface area contributed by atoms with Crippen LogP contribution in [0.1, 0.15) is 23.5 Å². The molecule has 0 radical (unpaired) electrons. The normalized spacial score (nSPS) is 12.7. The van der Waals surface area contributed by atoms with E-state index < -0.39 is 6.04 Å². The molecule has 0 aliphatic carbocycles. The second-order valence-corrected chi connectivity index (χ2v) is 2.90. The van der Waals surface area contributed by atoms with Crippen molar-refractivity contribution in [1.29, 1.82) is 0 Å². The van der Waals surface area contributed by atoms with Crippen molar-refractivity contribution in [1.82, 2.24) is 15.1 Å². The summed E-state index contributed by atoms with van der Waals surface area (Å²) in [7, 11) is 0. The number of aryl methyl sites for hydroxylation is 1. The van der Waals surface area contributed by atoms with Crippen molar-refractivity contribution < 1.29 is 4.52 Å². The van der Waals surface area contributed by atoms with Gasteiger partial charge in [0.05, 0.1) is 5.69 Å². The lowest BCUT2D eigenvalue weighted by Crippen LogP contribution is -2.14. The van der Waals surface area contributed by atoms with Crippen molar-refractivity contribution in [2.24, 2.45) is 5.73 Å². The first-order valence-corrected chi connectivity index (χ1v) is 4.24. The largest absolute Gasteiger partial charge is 0.340 e. The Kier molecular flexibility index (Phi) is 2.24. The van der Waals surface area contributed by atoms with Crippen molar-refractivity contribution in [2.75, 3.05) is 0 Å². The molecule has 1 atom stereocenters. The molecule has 72 valence electrons. The molecule has 0 amide bonds. The van der Waals surface area contributed by atoms with Crippen LogP contribution < -0.4 is 5.73 Å². The van der Waals surface area contributed by atoms with Gasteiger partial charge in [-0.25, -0.2) is 0 Å². The molecular formula is C9H10N4O. The summed E-state index contributed by atoms with van der Waals surface area (Å²) >= 11 is 0. The van der Waals surface area contributed by atoms with Crippen molar-refractivity contribution >= 4 is 0 Å². The second kappa shape index (κ2) is 3.55. The van der Waals surface area contributed by atoms with Crippen molar-refractivity contribution in [3.63, 3.8) is 0 Å². The Morgan fingerprint density at radius 2 is 2.29 bits per heavy atom. The van der Waals surface area contributed by atoms with Crippen LogP contribution in [0.4, 0.5) is 0 Å². The molecule has 0 bridgehead atoms. The Morgan fingerprint density at radius 3 is 2.86 bits per heavy atom. The zero-order valence-corrected chi connectivity index (χ0v) is 7.71. The number of hydrogen-bond donors (Lipinski definition) is 1. The number of pyridine rings is 1. The smallest absolute Gasteiger partial charge is 0.223 e. The van der Waals surface area contributed by atoms with Gasteiger partial charge in [0.1, 0.15) is 6.04 Å². The number of aromatic nitrogens is 3. The van der Waals surface area contributed by atoms with Gasteiger partial charge in [0, 0.05) is 13.1 Å². The third-order valence-corrected chi connectivity index (χ3v) is 1.83. The first-order valence-electron chi connectivity index (χ1n) is 4.24. The molecule has 2 aromatic rings. The average molecular weight is 190 g/mol. The van der Waals surface area contributed by atoms with E-state index in [0.717, 1.165) is 5.69 Å². The van der Waals surface area contributed by atoms with Crippen LogP contribution in [0.15, 0.2) is 28.9 Å². The molecule has 0 fully saturated rings. The molecule has 0 aromatic carbocycles. The quantitative estimate of drug-likeness (QED) is 0.758. The van der Waals surface area contributed by atoms with Gasteiger partial charge in [-0.2, -0.15) is 4.98 Å². The van der Waals surface area contributed by atoms with Gasteiger partial charge in [0.15, 0.2) is 5.82 Å². The van der Waals surface area contributed by atoms with Gasteiger partial charge in [-0.15, -0.1) is 0 Å². The van der Waals surface area contributed by atoms with Gasteiger partial charge < -0.3 is 10.3 Å². The van der Waals surface area contributed by atoms with Gasteiger partial charge in [-0.05, 0) is 12.1 Å². The van der Waals surface area contributed by atoms with Gasteiger partial charge in [0.25, 0.3) is 0 Å². The number of nitrogens with zero attached hydrogens (tertiary/aromatic N) is 3. The zero-order chi connectivity index (χ0) is 9.97. The molecule has 0 aliphatic heterocycles. The summed E-state index contributed by atoms with van der Waals surface area (Å²) in [6.07, 6.45) is 1.68. The van der Waals surface area contributed by atoms with Gasteiger partial charge in [-0.1, -0.05) is 11.2 Å². The molecule has 2 heterocycles. The van der Waals surface area contributed by atoms with Crippen molar-refractivity contribution in [2.45, 2.75) is 13.0 Å². The lowest BCUT2D eigenvalue weighted by molar-refractivity contribution is 0.385. The van der Waals surface area contributed by atoms with Crippen LogP contribution >= 0.6 is 0 Å². The molecule has 0 saturated carbocycles. The maximum Gasteiger partial charge on any atom is 0.223 e. The standard InChI is InChI=1S/C9H10N4O/c1-6-12-9(13-14-6)8(10)7-4-2-3-5-11-7/h2-5,8H,10H2,1H3/t8-/m1/s1. The number of nitrogens with two attached hydrogens (primary N) is 1. The van der Waals surface area contributed by atoms with Crippen LogP contribution in [0.2, 0.25) is 0 Å². The highest BCUT2D eigenvalue weighted by molar-refractivity contribution is 5.15. The summed E-state index contributed by atoms with van der Waals surface area (Å²) < 4.78 is 4.84. The Balaban J connectivity index is 2.29. The Bertz CT molecular complexity index is 412. The van der Waals surface area contributed by atoms with Crippen LogP contribution in [0.3, 0.4) is 0 Å². The first-order chi connectivity index (χ1) is 6.77. The number of rotatable bonds is 2. The lowest BCUT2D eigenvalue weighted by atomic mass is 10.2. The summed E-state index contributed by atoms with van der Waals surface area (Å²) in [4.78, 5) is 8.16. The lowest BCUT2D eigenvalue weighted by Gasteiger charge is -2.04. The Morgan fingerprint density at radius 1 is 1.43 bits per heavy atom. The van der Waals surface area contributed by atoms with E-state index in [1.807, 2.05) is 18.2 Å². The van der Waals surface area contributed by atoms with Crippen molar-refractivity contribution in [3.05, 3.63) is 41.8 Å².